The first-order valence-corrected chi connectivity index (χ1v) is 12.0. The Labute approximate surface area is 189 Å². The molecular weight excluding hydrogens is 400 g/mol. The van der Waals surface area contributed by atoms with Crippen LogP contribution in [0.3, 0.4) is 0 Å². The zero-order valence-corrected chi connectivity index (χ0v) is 18.6. The second kappa shape index (κ2) is 9.78. The Bertz CT molecular complexity index is 1120. The fraction of sp³-hybridized carbons (Fsp3) is 0.444. The molecule has 1 fully saturated rings. The number of fused-ring (bicyclic) bond motifs is 2. The van der Waals surface area contributed by atoms with Crippen molar-refractivity contribution in [3.8, 4) is 11.5 Å². The summed E-state index contributed by atoms with van der Waals surface area (Å²) in [6, 6.07) is 18.6. The highest BCUT2D eigenvalue weighted by atomic mass is 16.6. The van der Waals surface area contributed by atoms with Crippen molar-refractivity contribution in [2.75, 3.05) is 13.2 Å². The number of hydrogen-bond acceptors (Lipinski definition) is 4. The molecule has 32 heavy (non-hydrogen) atoms. The number of nitrogens with zero attached hydrogens (tertiary/aromatic N) is 1. The number of benzene rings is 2. The highest BCUT2D eigenvalue weighted by Gasteiger charge is 2.21. The van der Waals surface area contributed by atoms with Crippen molar-refractivity contribution in [1.82, 2.24) is 9.88 Å². The van der Waals surface area contributed by atoms with Crippen LogP contribution in [0.1, 0.15) is 44.1 Å². The van der Waals surface area contributed by atoms with Gasteiger partial charge >= 0.3 is 0 Å². The molecule has 0 amide bonds. The molecule has 2 aliphatic rings. The van der Waals surface area contributed by atoms with E-state index < -0.39 is 0 Å². The molecule has 0 atom stereocenters. The molecule has 0 bridgehead atoms. The Balaban J connectivity index is 1.07. The summed E-state index contributed by atoms with van der Waals surface area (Å²) in [5.74, 6) is 2.49. The topological polar surface area (TPSA) is 52.5 Å². The van der Waals surface area contributed by atoms with Crippen molar-refractivity contribution in [1.29, 1.82) is 0 Å². The van der Waals surface area contributed by atoms with Crippen LogP contribution in [0, 0.1) is 5.92 Å². The van der Waals surface area contributed by atoms with E-state index >= 15 is 0 Å². The summed E-state index contributed by atoms with van der Waals surface area (Å²) in [5, 5.41) is 4.87. The fourth-order valence-corrected chi connectivity index (χ4v) is 5.13. The van der Waals surface area contributed by atoms with E-state index in [1.54, 1.807) is 6.07 Å². The third-order valence-corrected chi connectivity index (χ3v) is 6.94. The van der Waals surface area contributed by atoms with Crippen LogP contribution in [0.2, 0.25) is 0 Å². The zero-order valence-electron chi connectivity index (χ0n) is 18.6. The normalized spacial score (nSPS) is 20.4. The first-order valence-electron chi connectivity index (χ1n) is 12.0. The van der Waals surface area contributed by atoms with Crippen LogP contribution in [-0.2, 0) is 13.1 Å². The van der Waals surface area contributed by atoms with E-state index in [1.165, 1.54) is 37.7 Å². The Kier molecular flexibility index (Phi) is 6.44. The first-order chi connectivity index (χ1) is 15.8. The summed E-state index contributed by atoms with van der Waals surface area (Å²) in [6.07, 6.45) is 7.25. The summed E-state index contributed by atoms with van der Waals surface area (Å²) >= 11 is 0. The summed E-state index contributed by atoms with van der Waals surface area (Å²) in [5.41, 5.74) is 2.40. The van der Waals surface area contributed by atoms with Crippen LogP contribution in [-0.4, -0.2) is 23.8 Å². The lowest BCUT2D eigenvalue weighted by Gasteiger charge is -2.29. The van der Waals surface area contributed by atoms with Gasteiger partial charge in [0.1, 0.15) is 13.2 Å². The molecule has 2 aromatic carbocycles. The lowest BCUT2D eigenvalue weighted by Crippen LogP contribution is -2.33. The molecule has 0 spiro atoms. The van der Waals surface area contributed by atoms with Crippen LogP contribution >= 0.6 is 0 Å². The Morgan fingerprint density at radius 2 is 1.72 bits per heavy atom. The van der Waals surface area contributed by atoms with Gasteiger partial charge in [-0.25, -0.2) is 0 Å². The zero-order chi connectivity index (χ0) is 21.8. The van der Waals surface area contributed by atoms with Crippen molar-refractivity contribution in [3.63, 3.8) is 0 Å². The summed E-state index contributed by atoms with van der Waals surface area (Å²) < 4.78 is 13.2. The predicted octanol–water partition coefficient (Wildman–Crippen LogP) is 4.90. The third-order valence-electron chi connectivity index (χ3n) is 6.94. The summed E-state index contributed by atoms with van der Waals surface area (Å²) in [6.45, 7) is 2.94. The molecular formula is C27H32N2O3. The molecule has 1 N–H and O–H groups in total. The number of pyridine rings is 1. The van der Waals surface area contributed by atoms with E-state index in [1.807, 2.05) is 28.8 Å². The number of rotatable bonds is 7. The molecule has 1 aliphatic heterocycles. The third kappa shape index (κ3) is 4.83. The van der Waals surface area contributed by atoms with Gasteiger partial charge in [0.15, 0.2) is 11.5 Å². The average molecular weight is 433 g/mol. The monoisotopic (exact) mass is 432 g/mol. The van der Waals surface area contributed by atoms with Gasteiger partial charge in [0.25, 0.3) is 5.56 Å². The van der Waals surface area contributed by atoms with Gasteiger partial charge in [0.2, 0.25) is 0 Å². The van der Waals surface area contributed by atoms with Gasteiger partial charge in [-0.2, -0.15) is 0 Å². The number of ether oxygens (including phenoxy) is 2. The summed E-state index contributed by atoms with van der Waals surface area (Å²) in [7, 11) is 0. The van der Waals surface area contributed by atoms with Crippen molar-refractivity contribution >= 4 is 10.9 Å². The van der Waals surface area contributed by atoms with E-state index in [-0.39, 0.29) is 5.56 Å². The van der Waals surface area contributed by atoms with E-state index in [4.69, 9.17) is 9.47 Å². The molecule has 2 heterocycles. The van der Waals surface area contributed by atoms with Gasteiger partial charge in [-0.1, -0.05) is 24.3 Å². The maximum Gasteiger partial charge on any atom is 0.251 e. The van der Waals surface area contributed by atoms with Crippen molar-refractivity contribution in [3.05, 3.63) is 70.5 Å². The Hall–Kier alpha value is -2.79. The molecule has 0 unspecified atom stereocenters. The second-order valence-corrected chi connectivity index (χ2v) is 9.10. The first kappa shape index (κ1) is 21.1. The van der Waals surface area contributed by atoms with E-state index in [0.717, 1.165) is 47.8 Å². The SMILES string of the molecule is O=c1ccc2ccccc2n1CCCC1CCC(NCc2ccc3c(c2)OCCO3)CC1. The Morgan fingerprint density at radius 3 is 2.59 bits per heavy atom. The number of aromatic nitrogens is 1. The van der Waals surface area contributed by atoms with Crippen LogP contribution in [0.15, 0.2) is 59.4 Å². The van der Waals surface area contributed by atoms with Gasteiger partial charge in [-0.15, -0.1) is 0 Å². The van der Waals surface area contributed by atoms with Crippen molar-refractivity contribution in [2.45, 2.75) is 57.7 Å². The van der Waals surface area contributed by atoms with Crippen LogP contribution in [0.5, 0.6) is 11.5 Å². The van der Waals surface area contributed by atoms with Crippen LogP contribution in [0.4, 0.5) is 0 Å². The predicted molar refractivity (Wildman–Crippen MR) is 127 cm³/mol. The summed E-state index contributed by atoms with van der Waals surface area (Å²) in [4.78, 5) is 12.4. The van der Waals surface area contributed by atoms with Gasteiger partial charge in [-0.3, -0.25) is 4.79 Å². The fourth-order valence-electron chi connectivity index (χ4n) is 5.13. The maximum absolute atomic E-state index is 12.4. The second-order valence-electron chi connectivity index (χ2n) is 9.10. The molecule has 0 saturated heterocycles. The number of para-hydroxylation sites is 1. The average Bonchev–Trinajstić information content (AvgIpc) is 2.85. The smallest absolute Gasteiger partial charge is 0.251 e. The highest BCUT2D eigenvalue weighted by molar-refractivity contribution is 5.78. The van der Waals surface area contributed by atoms with Gasteiger partial charge in [0.05, 0.1) is 5.52 Å². The lowest BCUT2D eigenvalue weighted by atomic mass is 9.83. The molecule has 1 aromatic heterocycles. The van der Waals surface area contributed by atoms with Gasteiger partial charge in [0, 0.05) is 25.2 Å². The molecule has 0 radical (unpaired) electrons. The molecule has 5 heteroatoms. The standard InChI is InChI=1S/C27H32N2O3/c30-27-14-10-22-5-1-2-6-24(22)29(27)15-3-4-20-7-11-23(12-8-20)28-19-21-9-13-25-26(18-21)32-17-16-31-25/h1-2,5-6,9-10,13-14,18,20,23,28H,3-4,7-8,11-12,15-17,19H2. The van der Waals surface area contributed by atoms with Crippen LogP contribution in [0.25, 0.3) is 10.9 Å². The van der Waals surface area contributed by atoms with Gasteiger partial charge < -0.3 is 19.4 Å². The van der Waals surface area contributed by atoms with E-state index in [9.17, 15) is 4.79 Å². The largest absolute Gasteiger partial charge is 0.486 e. The van der Waals surface area contributed by atoms with Gasteiger partial charge in [-0.05, 0) is 79.7 Å². The maximum atomic E-state index is 12.4. The molecule has 5 rings (SSSR count). The minimum atomic E-state index is 0.107. The lowest BCUT2D eigenvalue weighted by molar-refractivity contribution is 0.171. The molecule has 1 aliphatic carbocycles. The Morgan fingerprint density at radius 1 is 0.906 bits per heavy atom. The number of nitrogens with one attached hydrogen (secondary N) is 1. The van der Waals surface area contributed by atoms with Crippen LogP contribution < -0.4 is 20.3 Å². The van der Waals surface area contributed by atoms with Crippen molar-refractivity contribution < 1.29 is 9.47 Å². The number of aryl methyl sites for hydroxylation is 1. The molecule has 1 saturated carbocycles. The minimum Gasteiger partial charge on any atom is -0.486 e. The minimum absolute atomic E-state index is 0.107. The van der Waals surface area contributed by atoms with E-state index in [0.29, 0.717) is 19.3 Å². The molecule has 168 valence electrons. The van der Waals surface area contributed by atoms with E-state index in [2.05, 4.69) is 29.6 Å². The highest BCUT2D eigenvalue weighted by Crippen LogP contribution is 2.31. The van der Waals surface area contributed by atoms with Crippen molar-refractivity contribution in [2.24, 2.45) is 5.92 Å². The molecule has 5 nitrogen and oxygen atoms in total. The molecule has 3 aromatic rings. The quantitative estimate of drug-likeness (QED) is 0.577. The number of hydrogen-bond donors (Lipinski definition) is 1.